The molecule has 0 amide bonds. The fourth-order valence-electron chi connectivity index (χ4n) is 3.56. The van der Waals surface area contributed by atoms with Crippen molar-refractivity contribution in [2.45, 2.75) is 26.4 Å². The molecule has 3 heterocycles. The van der Waals surface area contributed by atoms with E-state index in [-0.39, 0.29) is 6.61 Å². The van der Waals surface area contributed by atoms with Gasteiger partial charge in [-0.2, -0.15) is 5.10 Å². The molecule has 1 aromatic carbocycles. The highest BCUT2D eigenvalue weighted by Gasteiger charge is 2.14. The molecular formula is C23H21ClN4O2. The maximum absolute atomic E-state index is 10.8. The van der Waals surface area contributed by atoms with Crippen LogP contribution in [0.5, 0.6) is 5.75 Å². The third-order valence-corrected chi connectivity index (χ3v) is 5.35. The van der Waals surface area contributed by atoms with Crippen LogP contribution in [0.1, 0.15) is 23.2 Å². The lowest BCUT2D eigenvalue weighted by Gasteiger charge is -2.15. The van der Waals surface area contributed by atoms with Crippen molar-refractivity contribution in [3.63, 3.8) is 0 Å². The van der Waals surface area contributed by atoms with Gasteiger partial charge < -0.3 is 9.53 Å². The fraction of sp³-hybridized carbons (Fsp3) is 0.217. The first-order chi connectivity index (χ1) is 14.6. The summed E-state index contributed by atoms with van der Waals surface area (Å²) in [5.41, 5.74) is 5.49. The highest BCUT2D eigenvalue weighted by atomic mass is 35.5. The molecule has 0 aliphatic carbocycles. The van der Waals surface area contributed by atoms with Crippen molar-refractivity contribution in [3.05, 3.63) is 70.8 Å². The Kier molecular flexibility index (Phi) is 5.77. The highest BCUT2D eigenvalue weighted by Crippen LogP contribution is 2.33. The molecule has 0 spiro atoms. The van der Waals surface area contributed by atoms with Crippen LogP contribution < -0.4 is 4.74 Å². The first-order valence-corrected chi connectivity index (χ1v) is 10.0. The molecule has 6 nitrogen and oxygen atoms in total. The van der Waals surface area contributed by atoms with Gasteiger partial charge in [-0.25, -0.2) is 4.98 Å². The van der Waals surface area contributed by atoms with E-state index in [0.29, 0.717) is 23.6 Å². The normalized spacial score (nSPS) is 11.0. The number of hydrogen-bond donors (Lipinski definition) is 0. The van der Waals surface area contributed by atoms with Crippen LogP contribution in [0.25, 0.3) is 22.2 Å². The lowest BCUT2D eigenvalue weighted by atomic mass is 10.0. The second-order valence-corrected chi connectivity index (χ2v) is 7.46. The molecule has 0 atom stereocenters. The molecule has 0 fully saturated rings. The van der Waals surface area contributed by atoms with Gasteiger partial charge in [0.1, 0.15) is 24.2 Å². The standard InChI is InChI=1S/C23H21ClN4O2/c1-15-11-18(21-8-9-26-28(21)2)17-6-3-7-22(23(17)27-15)30-14-19-16(5-4-10-29)12-25-13-20(19)24/h3,6-13H,4-5,14H2,1-2H3. The van der Waals surface area contributed by atoms with Gasteiger partial charge in [-0.15, -0.1) is 0 Å². The van der Waals surface area contributed by atoms with Crippen molar-refractivity contribution in [2.24, 2.45) is 7.05 Å². The summed E-state index contributed by atoms with van der Waals surface area (Å²) in [5, 5.41) is 5.81. The topological polar surface area (TPSA) is 69.9 Å². The number of benzene rings is 1. The summed E-state index contributed by atoms with van der Waals surface area (Å²) >= 11 is 6.37. The van der Waals surface area contributed by atoms with Crippen LogP contribution in [0.3, 0.4) is 0 Å². The molecule has 4 rings (SSSR count). The van der Waals surface area contributed by atoms with Crippen molar-refractivity contribution in [1.29, 1.82) is 0 Å². The Balaban J connectivity index is 1.73. The summed E-state index contributed by atoms with van der Waals surface area (Å²) < 4.78 is 8.02. The molecule has 0 aliphatic rings. The molecule has 0 N–H and O–H groups in total. The predicted octanol–water partition coefficient (Wildman–Crippen LogP) is 4.70. The molecule has 152 valence electrons. The van der Waals surface area contributed by atoms with Crippen LogP contribution in [0.2, 0.25) is 5.02 Å². The van der Waals surface area contributed by atoms with E-state index in [4.69, 9.17) is 21.3 Å². The molecular weight excluding hydrogens is 400 g/mol. The minimum absolute atomic E-state index is 0.269. The molecule has 0 radical (unpaired) electrons. The van der Waals surface area contributed by atoms with Crippen molar-refractivity contribution < 1.29 is 9.53 Å². The van der Waals surface area contributed by atoms with E-state index in [9.17, 15) is 4.79 Å². The maximum atomic E-state index is 10.8. The Morgan fingerprint density at radius 2 is 2.10 bits per heavy atom. The minimum Gasteiger partial charge on any atom is -0.487 e. The van der Waals surface area contributed by atoms with E-state index in [2.05, 4.69) is 16.1 Å². The molecule has 0 saturated carbocycles. The average Bonchev–Trinajstić information content (AvgIpc) is 3.16. The van der Waals surface area contributed by atoms with Crippen LogP contribution >= 0.6 is 11.6 Å². The number of carbonyl (C=O) groups excluding carboxylic acids is 1. The second kappa shape index (κ2) is 8.63. The molecule has 0 aliphatic heterocycles. The van der Waals surface area contributed by atoms with E-state index in [1.165, 1.54) is 0 Å². The first kappa shape index (κ1) is 20.0. The van der Waals surface area contributed by atoms with E-state index < -0.39 is 0 Å². The van der Waals surface area contributed by atoms with Gasteiger partial charge in [-0.05, 0) is 37.1 Å². The summed E-state index contributed by atoms with van der Waals surface area (Å²) in [5.74, 6) is 0.675. The van der Waals surface area contributed by atoms with Gasteiger partial charge in [0.25, 0.3) is 0 Å². The minimum atomic E-state index is 0.269. The Hall–Kier alpha value is -3.25. The summed E-state index contributed by atoms with van der Waals surface area (Å²) in [6, 6.07) is 9.93. The lowest BCUT2D eigenvalue weighted by molar-refractivity contribution is -0.107. The number of hydrogen-bond acceptors (Lipinski definition) is 5. The van der Waals surface area contributed by atoms with Gasteiger partial charge in [0.2, 0.25) is 0 Å². The van der Waals surface area contributed by atoms with Crippen LogP contribution in [0, 0.1) is 6.92 Å². The third-order valence-electron chi connectivity index (χ3n) is 5.03. The van der Waals surface area contributed by atoms with Crippen molar-refractivity contribution >= 4 is 28.8 Å². The predicted molar refractivity (Wildman–Crippen MR) is 117 cm³/mol. The number of aryl methyl sites for hydroxylation is 3. The summed E-state index contributed by atoms with van der Waals surface area (Å²) in [6.45, 7) is 2.23. The van der Waals surface area contributed by atoms with Crippen molar-refractivity contribution in [1.82, 2.24) is 19.7 Å². The molecule has 4 aromatic rings. The average molecular weight is 421 g/mol. The third kappa shape index (κ3) is 3.91. The molecule has 0 bridgehead atoms. The molecule has 0 unspecified atom stereocenters. The molecule has 30 heavy (non-hydrogen) atoms. The number of pyridine rings is 2. The van der Waals surface area contributed by atoms with Crippen LogP contribution in [0.4, 0.5) is 0 Å². The number of aromatic nitrogens is 4. The molecule has 7 heteroatoms. The maximum Gasteiger partial charge on any atom is 0.146 e. The number of carbonyl (C=O) groups is 1. The Bertz CT molecular complexity index is 1220. The summed E-state index contributed by atoms with van der Waals surface area (Å²) in [4.78, 5) is 19.7. The highest BCUT2D eigenvalue weighted by molar-refractivity contribution is 6.31. The Morgan fingerprint density at radius 1 is 1.23 bits per heavy atom. The van der Waals surface area contributed by atoms with Crippen LogP contribution in [-0.4, -0.2) is 26.0 Å². The van der Waals surface area contributed by atoms with E-state index >= 15 is 0 Å². The monoisotopic (exact) mass is 420 g/mol. The Morgan fingerprint density at radius 3 is 2.87 bits per heavy atom. The van der Waals surface area contributed by atoms with Gasteiger partial charge in [0.05, 0.1) is 10.7 Å². The smallest absolute Gasteiger partial charge is 0.146 e. The lowest BCUT2D eigenvalue weighted by Crippen LogP contribution is -2.04. The van der Waals surface area contributed by atoms with Gasteiger partial charge in [-0.1, -0.05) is 23.7 Å². The number of halogens is 1. The second-order valence-electron chi connectivity index (χ2n) is 7.06. The van der Waals surface area contributed by atoms with E-state index in [1.807, 2.05) is 42.9 Å². The van der Waals surface area contributed by atoms with E-state index in [0.717, 1.165) is 45.3 Å². The van der Waals surface area contributed by atoms with Gasteiger partial charge >= 0.3 is 0 Å². The van der Waals surface area contributed by atoms with Crippen molar-refractivity contribution in [3.8, 4) is 17.0 Å². The van der Waals surface area contributed by atoms with Gasteiger partial charge in [0, 0.05) is 54.3 Å². The zero-order valence-corrected chi connectivity index (χ0v) is 17.6. The largest absolute Gasteiger partial charge is 0.487 e. The Labute approximate surface area is 179 Å². The number of rotatable bonds is 7. The number of ether oxygens (including phenoxy) is 1. The number of fused-ring (bicyclic) bond motifs is 1. The van der Waals surface area contributed by atoms with E-state index in [1.54, 1.807) is 18.6 Å². The number of para-hydroxylation sites is 1. The summed E-state index contributed by atoms with van der Waals surface area (Å²) in [6.07, 6.45) is 6.99. The quantitative estimate of drug-likeness (QED) is 0.405. The number of nitrogens with zero attached hydrogens (tertiary/aromatic N) is 4. The summed E-state index contributed by atoms with van der Waals surface area (Å²) in [7, 11) is 1.92. The SMILES string of the molecule is Cc1cc(-c2ccnn2C)c2cccc(OCc3c(Cl)cncc3CCC=O)c2n1. The fourth-order valence-corrected chi connectivity index (χ4v) is 3.79. The number of aldehydes is 1. The van der Waals surface area contributed by atoms with Gasteiger partial charge in [-0.3, -0.25) is 9.67 Å². The van der Waals surface area contributed by atoms with Crippen LogP contribution in [0.15, 0.2) is 48.9 Å². The van der Waals surface area contributed by atoms with Gasteiger partial charge in [0.15, 0.2) is 0 Å². The first-order valence-electron chi connectivity index (χ1n) is 9.65. The zero-order valence-electron chi connectivity index (χ0n) is 16.8. The van der Waals surface area contributed by atoms with Crippen molar-refractivity contribution in [2.75, 3.05) is 0 Å². The van der Waals surface area contributed by atoms with Crippen LogP contribution in [-0.2, 0) is 24.9 Å². The molecule has 3 aromatic heterocycles. The zero-order chi connectivity index (χ0) is 21.1. The molecule has 0 saturated heterocycles.